The molecule has 0 radical (unpaired) electrons. The fraction of sp³-hybridized carbons (Fsp3) is 0.318. The Labute approximate surface area is 153 Å². The van der Waals surface area contributed by atoms with Crippen molar-refractivity contribution < 1.29 is 4.79 Å². The lowest BCUT2D eigenvalue weighted by Gasteiger charge is -2.28. The van der Waals surface area contributed by atoms with Gasteiger partial charge in [-0.15, -0.1) is 0 Å². The summed E-state index contributed by atoms with van der Waals surface area (Å²) in [5, 5.41) is 0.919. The highest BCUT2D eigenvalue weighted by atomic mass is 16.2. The van der Waals surface area contributed by atoms with Crippen LogP contribution in [0.25, 0.3) is 10.9 Å². The van der Waals surface area contributed by atoms with Crippen molar-refractivity contribution >= 4 is 16.8 Å². The van der Waals surface area contributed by atoms with Gasteiger partial charge in [0.2, 0.25) is 0 Å². The first kappa shape index (κ1) is 16.7. The van der Waals surface area contributed by atoms with Crippen LogP contribution in [0, 0.1) is 19.8 Å². The van der Waals surface area contributed by atoms with Crippen LogP contribution in [0.3, 0.4) is 0 Å². The van der Waals surface area contributed by atoms with Gasteiger partial charge in [-0.25, -0.2) is 0 Å². The van der Waals surface area contributed by atoms with Crippen LogP contribution in [0.1, 0.15) is 46.2 Å². The second kappa shape index (κ2) is 6.52. The summed E-state index contributed by atoms with van der Waals surface area (Å²) in [6.45, 7) is 3.98. The quantitative estimate of drug-likeness (QED) is 0.701. The minimum Gasteiger partial charge on any atom is -0.333 e. The van der Waals surface area contributed by atoms with Gasteiger partial charge >= 0.3 is 0 Å². The number of aromatic nitrogens is 2. The van der Waals surface area contributed by atoms with Gasteiger partial charge in [0.1, 0.15) is 0 Å². The molecule has 1 aliphatic rings. The van der Waals surface area contributed by atoms with E-state index in [1.807, 2.05) is 62.2 Å². The van der Waals surface area contributed by atoms with Gasteiger partial charge in [0.05, 0.1) is 22.8 Å². The van der Waals surface area contributed by atoms with Crippen molar-refractivity contribution in [1.29, 1.82) is 0 Å². The number of hydrogen-bond acceptors (Lipinski definition) is 3. The number of carbonyl (C=O) groups is 1. The molecule has 0 unspecified atom stereocenters. The van der Waals surface area contributed by atoms with Crippen molar-refractivity contribution in [2.75, 3.05) is 7.05 Å². The number of nitrogens with zero attached hydrogens (tertiary/aromatic N) is 3. The zero-order valence-electron chi connectivity index (χ0n) is 15.4. The first-order valence-corrected chi connectivity index (χ1v) is 9.10. The predicted octanol–water partition coefficient (Wildman–Crippen LogP) is 4.47. The number of hydrogen-bond donors (Lipinski definition) is 0. The summed E-state index contributed by atoms with van der Waals surface area (Å²) >= 11 is 0. The molecule has 3 aromatic rings. The topological polar surface area (TPSA) is 46.1 Å². The van der Waals surface area contributed by atoms with E-state index in [2.05, 4.69) is 16.0 Å². The molecule has 0 bridgehead atoms. The summed E-state index contributed by atoms with van der Waals surface area (Å²) < 4.78 is 0. The SMILES string of the molecule is Cc1ccc2nc(C)cc(C(=O)N(C)[C@@H](c3ccccn3)C3CC3)c2c1. The number of fused-ring (bicyclic) bond motifs is 1. The molecular formula is C22H23N3O. The molecule has 4 nitrogen and oxygen atoms in total. The first-order valence-electron chi connectivity index (χ1n) is 9.10. The van der Waals surface area contributed by atoms with Crippen molar-refractivity contribution in [3.63, 3.8) is 0 Å². The second-order valence-electron chi connectivity index (χ2n) is 7.28. The number of pyridine rings is 2. The minimum atomic E-state index is 0.0250. The van der Waals surface area contributed by atoms with Crippen molar-refractivity contribution in [2.24, 2.45) is 5.92 Å². The zero-order chi connectivity index (χ0) is 18.3. The Morgan fingerprint density at radius 1 is 1.15 bits per heavy atom. The van der Waals surface area contributed by atoms with Crippen LogP contribution in [0.15, 0.2) is 48.7 Å². The highest BCUT2D eigenvalue weighted by Gasteiger charge is 2.38. The molecule has 0 N–H and O–H groups in total. The minimum absolute atomic E-state index is 0.0250. The molecule has 1 aliphatic carbocycles. The number of aryl methyl sites for hydroxylation is 2. The molecule has 0 spiro atoms. The van der Waals surface area contributed by atoms with Crippen molar-refractivity contribution in [1.82, 2.24) is 14.9 Å². The molecule has 2 heterocycles. The van der Waals surface area contributed by atoms with E-state index in [4.69, 9.17) is 0 Å². The highest BCUT2D eigenvalue weighted by Crippen LogP contribution is 2.44. The predicted molar refractivity (Wildman–Crippen MR) is 103 cm³/mol. The largest absolute Gasteiger partial charge is 0.333 e. The van der Waals surface area contributed by atoms with Crippen molar-refractivity contribution in [3.05, 3.63) is 71.2 Å². The summed E-state index contributed by atoms with van der Waals surface area (Å²) in [5.41, 5.74) is 4.55. The number of benzene rings is 1. The van der Waals surface area contributed by atoms with Crippen LogP contribution in [0.4, 0.5) is 0 Å². The Hall–Kier alpha value is -2.75. The fourth-order valence-electron chi connectivity index (χ4n) is 3.68. The molecule has 0 saturated heterocycles. The Balaban J connectivity index is 1.77. The van der Waals surface area contributed by atoms with E-state index in [1.54, 1.807) is 6.20 Å². The van der Waals surface area contributed by atoms with Gasteiger partial charge < -0.3 is 4.90 Å². The molecule has 0 aliphatic heterocycles. The third-order valence-electron chi connectivity index (χ3n) is 5.12. The van der Waals surface area contributed by atoms with Gasteiger partial charge in [-0.1, -0.05) is 17.7 Å². The van der Waals surface area contributed by atoms with E-state index in [9.17, 15) is 4.79 Å². The first-order chi connectivity index (χ1) is 12.5. The Bertz CT molecular complexity index is 964. The van der Waals surface area contributed by atoms with Crippen LogP contribution in [0.5, 0.6) is 0 Å². The van der Waals surface area contributed by atoms with E-state index >= 15 is 0 Å². The molecule has 4 rings (SSSR count). The second-order valence-corrected chi connectivity index (χ2v) is 7.28. The number of rotatable bonds is 4. The van der Waals surface area contributed by atoms with Crippen LogP contribution in [-0.4, -0.2) is 27.8 Å². The lowest BCUT2D eigenvalue weighted by molar-refractivity contribution is 0.0709. The maximum absolute atomic E-state index is 13.4. The van der Waals surface area contributed by atoms with E-state index in [-0.39, 0.29) is 11.9 Å². The third-order valence-corrected chi connectivity index (χ3v) is 5.12. The fourth-order valence-corrected chi connectivity index (χ4v) is 3.68. The smallest absolute Gasteiger partial charge is 0.254 e. The number of carbonyl (C=O) groups excluding carboxylic acids is 1. The average molecular weight is 345 g/mol. The molecule has 2 aromatic heterocycles. The third kappa shape index (κ3) is 3.07. The van der Waals surface area contributed by atoms with E-state index in [0.29, 0.717) is 5.92 Å². The molecular weight excluding hydrogens is 322 g/mol. The van der Waals surface area contributed by atoms with Crippen molar-refractivity contribution in [2.45, 2.75) is 32.7 Å². The summed E-state index contributed by atoms with van der Waals surface area (Å²) in [6.07, 6.45) is 4.10. The molecule has 4 heteroatoms. The van der Waals surface area contributed by atoms with Gasteiger partial charge in [-0.05, 0) is 62.9 Å². The van der Waals surface area contributed by atoms with E-state index in [1.165, 1.54) is 0 Å². The van der Waals surface area contributed by atoms with Gasteiger partial charge in [0.15, 0.2) is 0 Å². The molecule has 1 amide bonds. The summed E-state index contributed by atoms with van der Waals surface area (Å²) in [5.74, 6) is 0.531. The van der Waals surface area contributed by atoms with Gasteiger partial charge in [0.25, 0.3) is 5.91 Å². The normalized spacial score (nSPS) is 15.0. The standard InChI is InChI=1S/C22H23N3O/c1-14-7-10-19-17(12-14)18(13-15(2)24-19)22(26)25(3)21(16-8-9-16)20-6-4-5-11-23-20/h4-7,10-13,16,21H,8-9H2,1-3H3/t21-/m1/s1. The molecule has 1 fully saturated rings. The Morgan fingerprint density at radius 2 is 1.96 bits per heavy atom. The Kier molecular flexibility index (Phi) is 4.19. The van der Waals surface area contributed by atoms with Crippen LogP contribution in [-0.2, 0) is 0 Å². The summed E-state index contributed by atoms with van der Waals surface area (Å²) in [6, 6.07) is 13.9. The average Bonchev–Trinajstić information content (AvgIpc) is 3.47. The van der Waals surface area contributed by atoms with Crippen LogP contribution < -0.4 is 0 Å². The lowest BCUT2D eigenvalue weighted by atomic mass is 10.0. The summed E-state index contributed by atoms with van der Waals surface area (Å²) in [7, 11) is 1.90. The molecule has 1 aromatic carbocycles. The van der Waals surface area contributed by atoms with E-state index < -0.39 is 0 Å². The van der Waals surface area contributed by atoms with Crippen LogP contribution in [0.2, 0.25) is 0 Å². The van der Waals surface area contributed by atoms with Gasteiger partial charge in [-0.3, -0.25) is 14.8 Å². The highest BCUT2D eigenvalue weighted by molar-refractivity contribution is 6.06. The van der Waals surface area contributed by atoms with Crippen LogP contribution >= 0.6 is 0 Å². The molecule has 1 saturated carbocycles. The molecule has 26 heavy (non-hydrogen) atoms. The lowest BCUT2D eigenvalue weighted by Crippen LogP contribution is -2.33. The monoisotopic (exact) mass is 345 g/mol. The number of amides is 1. The zero-order valence-corrected chi connectivity index (χ0v) is 15.4. The van der Waals surface area contributed by atoms with Gasteiger partial charge in [0, 0.05) is 24.3 Å². The maximum atomic E-state index is 13.4. The van der Waals surface area contributed by atoms with Gasteiger partial charge in [-0.2, -0.15) is 0 Å². The van der Waals surface area contributed by atoms with E-state index in [0.717, 1.165) is 46.3 Å². The molecule has 132 valence electrons. The maximum Gasteiger partial charge on any atom is 0.254 e. The Morgan fingerprint density at radius 3 is 2.65 bits per heavy atom. The molecule has 1 atom stereocenters. The van der Waals surface area contributed by atoms with Crippen molar-refractivity contribution in [3.8, 4) is 0 Å². The summed E-state index contributed by atoms with van der Waals surface area (Å²) in [4.78, 5) is 24.4.